The molecule has 0 aliphatic carbocycles. The number of carbonyl (C=O) groups is 2. The summed E-state index contributed by atoms with van der Waals surface area (Å²) in [5.74, 6) is -1.14. The van der Waals surface area contributed by atoms with Crippen LogP contribution in [0.25, 0.3) is 0 Å². The number of hydrogen-bond donors (Lipinski definition) is 2. The van der Waals surface area contributed by atoms with Crippen LogP contribution in [-0.4, -0.2) is 20.2 Å². The molecule has 0 spiro atoms. The van der Waals surface area contributed by atoms with Crippen LogP contribution in [0.3, 0.4) is 0 Å². The second-order valence-corrected chi connectivity index (χ2v) is 8.68. The van der Waals surface area contributed by atoms with E-state index >= 15 is 0 Å². The van der Waals surface area contributed by atoms with Crippen LogP contribution >= 0.6 is 0 Å². The van der Waals surface area contributed by atoms with Crippen LogP contribution < -0.4 is 10.0 Å². The van der Waals surface area contributed by atoms with E-state index in [9.17, 15) is 18.0 Å². The normalized spacial score (nSPS) is 11.0. The van der Waals surface area contributed by atoms with Gasteiger partial charge >= 0.3 is 0 Å². The lowest BCUT2D eigenvalue weighted by Crippen LogP contribution is -2.31. The number of carbonyl (C=O) groups excluding carboxylic acids is 2. The lowest BCUT2D eigenvalue weighted by Gasteiger charge is -2.10. The predicted octanol–water partition coefficient (Wildman–Crippen LogP) is 3.35. The number of nitrogens with one attached hydrogen (secondary N) is 2. The second-order valence-electron chi connectivity index (χ2n) is 7.00. The second kappa shape index (κ2) is 8.92. The molecule has 0 atom stereocenters. The first-order valence-corrected chi connectivity index (χ1v) is 10.8. The molecule has 0 aromatic heterocycles. The van der Waals surface area contributed by atoms with E-state index in [0.29, 0.717) is 6.54 Å². The first kappa shape index (κ1) is 21.3. The van der Waals surface area contributed by atoms with Crippen molar-refractivity contribution < 1.29 is 18.0 Å². The lowest BCUT2D eigenvalue weighted by molar-refractivity contribution is 0.0949. The van der Waals surface area contributed by atoms with E-state index in [1.807, 2.05) is 42.8 Å². The maximum Gasteiger partial charge on any atom is 0.264 e. The molecule has 0 heterocycles. The van der Waals surface area contributed by atoms with Gasteiger partial charge in [-0.25, -0.2) is 13.1 Å². The van der Waals surface area contributed by atoms with Crippen molar-refractivity contribution in [3.63, 3.8) is 0 Å². The van der Waals surface area contributed by atoms with Gasteiger partial charge in [0.05, 0.1) is 4.90 Å². The third kappa shape index (κ3) is 5.33. The zero-order valence-corrected chi connectivity index (χ0v) is 17.5. The minimum absolute atomic E-state index is 0.161. The van der Waals surface area contributed by atoms with Gasteiger partial charge < -0.3 is 5.32 Å². The Labute approximate surface area is 176 Å². The molecule has 0 aliphatic heterocycles. The van der Waals surface area contributed by atoms with Gasteiger partial charge in [0.25, 0.3) is 21.8 Å². The lowest BCUT2D eigenvalue weighted by atomic mass is 10.1. The minimum atomic E-state index is -4.13. The number of benzene rings is 3. The summed E-state index contributed by atoms with van der Waals surface area (Å²) in [6.45, 7) is 4.17. The molecule has 0 fully saturated rings. The Bertz CT molecular complexity index is 1170. The number of sulfonamides is 1. The number of amides is 2. The molecule has 0 aliphatic rings. The fourth-order valence-corrected chi connectivity index (χ4v) is 3.76. The molecule has 3 rings (SSSR count). The smallest absolute Gasteiger partial charge is 0.264 e. The Hall–Kier alpha value is -3.45. The van der Waals surface area contributed by atoms with Crippen LogP contribution in [0.1, 0.15) is 37.4 Å². The van der Waals surface area contributed by atoms with Crippen molar-refractivity contribution in [1.29, 1.82) is 0 Å². The van der Waals surface area contributed by atoms with Crippen molar-refractivity contribution in [2.75, 3.05) is 0 Å². The molecular formula is C23H22N2O4S. The summed E-state index contributed by atoms with van der Waals surface area (Å²) in [6, 6.07) is 19.8. The maximum absolute atomic E-state index is 12.6. The molecule has 0 bridgehead atoms. The van der Waals surface area contributed by atoms with Crippen molar-refractivity contribution in [2.24, 2.45) is 0 Å². The third-order valence-electron chi connectivity index (χ3n) is 4.52. The number of hydrogen-bond acceptors (Lipinski definition) is 4. The predicted molar refractivity (Wildman–Crippen MR) is 115 cm³/mol. The Morgan fingerprint density at radius 3 is 2.00 bits per heavy atom. The highest BCUT2D eigenvalue weighted by Crippen LogP contribution is 2.13. The maximum atomic E-state index is 12.6. The van der Waals surface area contributed by atoms with Crippen LogP contribution in [-0.2, 0) is 16.6 Å². The monoisotopic (exact) mass is 422 g/mol. The average molecular weight is 423 g/mol. The highest BCUT2D eigenvalue weighted by Gasteiger charge is 2.20. The molecule has 3 aromatic rings. The largest absolute Gasteiger partial charge is 0.348 e. The first-order valence-electron chi connectivity index (χ1n) is 9.32. The highest BCUT2D eigenvalue weighted by molar-refractivity contribution is 7.90. The molecule has 7 heteroatoms. The number of aryl methyl sites for hydroxylation is 2. The van der Waals surface area contributed by atoms with E-state index in [1.165, 1.54) is 24.3 Å². The first-order chi connectivity index (χ1) is 14.2. The van der Waals surface area contributed by atoms with Crippen LogP contribution in [0.5, 0.6) is 0 Å². The van der Waals surface area contributed by atoms with E-state index in [1.54, 1.807) is 24.3 Å². The van der Waals surface area contributed by atoms with Gasteiger partial charge in [0.1, 0.15) is 0 Å². The summed E-state index contributed by atoms with van der Waals surface area (Å²) in [4.78, 5) is 24.6. The zero-order valence-electron chi connectivity index (χ0n) is 16.7. The fourth-order valence-electron chi connectivity index (χ4n) is 2.74. The zero-order chi connectivity index (χ0) is 21.7. The van der Waals surface area contributed by atoms with Crippen LogP contribution in [0.4, 0.5) is 0 Å². The summed E-state index contributed by atoms with van der Waals surface area (Å²) < 4.78 is 27.2. The number of rotatable bonds is 6. The third-order valence-corrected chi connectivity index (χ3v) is 5.85. The van der Waals surface area contributed by atoms with Crippen LogP contribution in [0, 0.1) is 13.8 Å². The Morgan fingerprint density at radius 1 is 0.767 bits per heavy atom. The van der Waals surface area contributed by atoms with E-state index in [4.69, 9.17) is 0 Å². The molecule has 2 amide bonds. The molecular weight excluding hydrogens is 400 g/mol. The summed E-state index contributed by atoms with van der Waals surface area (Å²) >= 11 is 0. The van der Waals surface area contributed by atoms with E-state index in [0.717, 1.165) is 16.7 Å². The molecule has 0 saturated carbocycles. The molecule has 0 unspecified atom stereocenters. The van der Waals surface area contributed by atoms with Crippen molar-refractivity contribution in [3.8, 4) is 0 Å². The highest BCUT2D eigenvalue weighted by atomic mass is 32.2. The Balaban J connectivity index is 1.71. The summed E-state index contributed by atoms with van der Waals surface area (Å²) in [5.41, 5.74) is 3.43. The molecule has 154 valence electrons. The Morgan fingerprint density at radius 2 is 1.37 bits per heavy atom. The van der Waals surface area contributed by atoms with E-state index < -0.39 is 21.8 Å². The van der Waals surface area contributed by atoms with Gasteiger partial charge in [0, 0.05) is 17.7 Å². The topological polar surface area (TPSA) is 92.3 Å². The molecule has 0 radical (unpaired) electrons. The van der Waals surface area contributed by atoms with Gasteiger partial charge in [-0.2, -0.15) is 0 Å². The standard InChI is InChI=1S/C23H22N2O4S/c1-16-6-10-18(11-7-16)15-24-22(26)20-4-3-5-21(14-20)30(28,29)25-23(27)19-12-8-17(2)9-13-19/h3-14H,15H2,1-2H3,(H,24,26)(H,25,27). The van der Waals surface area contributed by atoms with Crippen molar-refractivity contribution in [1.82, 2.24) is 10.0 Å². The van der Waals surface area contributed by atoms with Crippen LogP contribution in [0.2, 0.25) is 0 Å². The van der Waals surface area contributed by atoms with Gasteiger partial charge in [-0.15, -0.1) is 0 Å². The van der Waals surface area contributed by atoms with Gasteiger partial charge in [0.15, 0.2) is 0 Å². The summed E-state index contributed by atoms with van der Waals surface area (Å²) in [6.07, 6.45) is 0. The van der Waals surface area contributed by atoms with Gasteiger partial charge in [-0.1, -0.05) is 53.6 Å². The van der Waals surface area contributed by atoms with Gasteiger partial charge in [0.2, 0.25) is 0 Å². The Kier molecular flexibility index (Phi) is 6.32. The summed E-state index contributed by atoms with van der Waals surface area (Å²) in [7, 11) is -4.13. The molecule has 3 aromatic carbocycles. The average Bonchev–Trinajstić information content (AvgIpc) is 2.73. The van der Waals surface area contributed by atoms with Crippen molar-refractivity contribution >= 4 is 21.8 Å². The van der Waals surface area contributed by atoms with Crippen molar-refractivity contribution in [3.05, 3.63) is 101 Å². The molecule has 2 N–H and O–H groups in total. The minimum Gasteiger partial charge on any atom is -0.348 e. The van der Waals surface area contributed by atoms with Gasteiger partial charge in [-0.05, 0) is 49.7 Å². The van der Waals surface area contributed by atoms with E-state index in [-0.39, 0.29) is 16.0 Å². The molecule has 0 saturated heterocycles. The fraction of sp³-hybridized carbons (Fsp3) is 0.130. The van der Waals surface area contributed by atoms with E-state index in [2.05, 4.69) is 5.32 Å². The molecule has 30 heavy (non-hydrogen) atoms. The molecule has 6 nitrogen and oxygen atoms in total. The van der Waals surface area contributed by atoms with Crippen LogP contribution in [0.15, 0.2) is 77.7 Å². The van der Waals surface area contributed by atoms with Gasteiger partial charge in [-0.3, -0.25) is 9.59 Å². The quantitative estimate of drug-likeness (QED) is 0.637. The van der Waals surface area contributed by atoms with Crippen molar-refractivity contribution in [2.45, 2.75) is 25.3 Å². The SMILES string of the molecule is Cc1ccc(CNC(=O)c2cccc(S(=O)(=O)NC(=O)c3ccc(C)cc3)c2)cc1. The summed E-state index contributed by atoms with van der Waals surface area (Å²) in [5, 5.41) is 2.76.